The monoisotopic (exact) mass is 319 g/mol. The third kappa shape index (κ3) is 5.50. The standard InChI is InChI=1S/C20H33NO2/c1-15-10-16(2)12-21(11-15)13-17(22)14-23-19-9-7-6-8-18(19)20(3,4)5/h6-9,15-17,22H,10-14H2,1-5H3/t15-,16+,17-/m1/s1. The van der Waals surface area contributed by atoms with Gasteiger partial charge in [0.05, 0.1) is 0 Å². The minimum atomic E-state index is -0.444. The molecule has 2 rings (SSSR count). The average Bonchev–Trinajstić information content (AvgIpc) is 2.43. The van der Waals surface area contributed by atoms with Crippen molar-refractivity contribution in [1.29, 1.82) is 0 Å². The van der Waals surface area contributed by atoms with Crippen molar-refractivity contribution in [3.8, 4) is 5.75 Å². The molecule has 0 saturated carbocycles. The smallest absolute Gasteiger partial charge is 0.123 e. The van der Waals surface area contributed by atoms with Gasteiger partial charge in [0.15, 0.2) is 0 Å². The predicted molar refractivity (Wildman–Crippen MR) is 96.0 cm³/mol. The van der Waals surface area contributed by atoms with Gasteiger partial charge >= 0.3 is 0 Å². The quantitative estimate of drug-likeness (QED) is 0.898. The Bertz CT molecular complexity index is 485. The SMILES string of the molecule is C[C@@H]1C[C@H](C)CN(C[C@@H](O)COc2ccccc2C(C)(C)C)C1. The number of β-amino-alcohol motifs (C(OH)–C–C–N with tert-alkyl or cyclic N) is 1. The summed E-state index contributed by atoms with van der Waals surface area (Å²) in [5.74, 6) is 2.32. The van der Waals surface area contributed by atoms with Gasteiger partial charge < -0.3 is 14.7 Å². The van der Waals surface area contributed by atoms with Gasteiger partial charge in [0.2, 0.25) is 0 Å². The van der Waals surface area contributed by atoms with Crippen LogP contribution < -0.4 is 4.74 Å². The van der Waals surface area contributed by atoms with Gasteiger partial charge in [-0.05, 0) is 35.3 Å². The number of aliphatic hydroxyl groups excluding tert-OH is 1. The van der Waals surface area contributed by atoms with Crippen LogP contribution >= 0.6 is 0 Å². The van der Waals surface area contributed by atoms with Crippen LogP contribution in [0.25, 0.3) is 0 Å². The van der Waals surface area contributed by atoms with Crippen LogP contribution in [0.15, 0.2) is 24.3 Å². The zero-order chi connectivity index (χ0) is 17.0. The van der Waals surface area contributed by atoms with E-state index in [1.165, 1.54) is 12.0 Å². The van der Waals surface area contributed by atoms with Gasteiger partial charge in [0, 0.05) is 19.6 Å². The lowest BCUT2D eigenvalue weighted by atomic mass is 9.86. The predicted octanol–water partition coefficient (Wildman–Crippen LogP) is 3.70. The molecule has 1 aliphatic heterocycles. The Balaban J connectivity index is 1.89. The van der Waals surface area contributed by atoms with Crippen molar-refractivity contribution < 1.29 is 9.84 Å². The summed E-state index contributed by atoms with van der Waals surface area (Å²) in [7, 11) is 0. The highest BCUT2D eigenvalue weighted by molar-refractivity contribution is 5.38. The van der Waals surface area contributed by atoms with E-state index < -0.39 is 6.10 Å². The molecule has 0 bridgehead atoms. The van der Waals surface area contributed by atoms with Crippen LogP contribution in [0.4, 0.5) is 0 Å². The zero-order valence-electron chi connectivity index (χ0n) is 15.4. The molecule has 1 heterocycles. The fourth-order valence-corrected chi connectivity index (χ4v) is 3.69. The molecule has 3 atom stereocenters. The van der Waals surface area contributed by atoms with Crippen molar-refractivity contribution in [2.24, 2.45) is 11.8 Å². The number of likely N-dealkylation sites (tertiary alicyclic amines) is 1. The number of nitrogens with zero attached hydrogens (tertiary/aromatic N) is 1. The number of ether oxygens (including phenoxy) is 1. The molecule has 23 heavy (non-hydrogen) atoms. The van der Waals surface area contributed by atoms with Crippen LogP contribution in [0.5, 0.6) is 5.75 Å². The Kier molecular flexibility index (Phi) is 6.10. The lowest BCUT2D eigenvalue weighted by Gasteiger charge is -2.36. The lowest BCUT2D eigenvalue weighted by molar-refractivity contribution is 0.0424. The summed E-state index contributed by atoms with van der Waals surface area (Å²) in [6, 6.07) is 8.14. The van der Waals surface area contributed by atoms with Gasteiger partial charge in [-0.3, -0.25) is 0 Å². The van der Waals surface area contributed by atoms with E-state index in [-0.39, 0.29) is 5.41 Å². The van der Waals surface area contributed by atoms with Gasteiger partial charge in [0.25, 0.3) is 0 Å². The normalized spacial score (nSPS) is 24.4. The summed E-state index contributed by atoms with van der Waals surface area (Å²) in [4.78, 5) is 2.38. The second-order valence-corrected chi connectivity index (χ2v) is 8.38. The second-order valence-electron chi connectivity index (χ2n) is 8.38. The summed E-state index contributed by atoms with van der Waals surface area (Å²) >= 11 is 0. The molecule has 1 N–H and O–H groups in total. The highest BCUT2D eigenvalue weighted by Crippen LogP contribution is 2.31. The minimum Gasteiger partial charge on any atom is -0.491 e. The van der Waals surface area contributed by atoms with Crippen molar-refractivity contribution in [3.05, 3.63) is 29.8 Å². The first kappa shape index (κ1) is 18.3. The van der Waals surface area contributed by atoms with E-state index >= 15 is 0 Å². The van der Waals surface area contributed by atoms with Crippen molar-refractivity contribution in [2.45, 2.75) is 52.6 Å². The maximum Gasteiger partial charge on any atom is 0.123 e. The first-order valence-electron chi connectivity index (χ1n) is 8.88. The second kappa shape index (κ2) is 7.67. The average molecular weight is 319 g/mol. The van der Waals surface area contributed by atoms with Crippen molar-refractivity contribution in [1.82, 2.24) is 4.90 Å². The maximum absolute atomic E-state index is 10.4. The van der Waals surface area contributed by atoms with E-state index in [1.807, 2.05) is 18.2 Å². The van der Waals surface area contributed by atoms with Gasteiger partial charge in [0.1, 0.15) is 18.5 Å². The summed E-state index contributed by atoms with van der Waals surface area (Å²) in [6.07, 6.45) is 0.850. The van der Waals surface area contributed by atoms with Gasteiger partial charge in [-0.25, -0.2) is 0 Å². The molecule has 3 nitrogen and oxygen atoms in total. The number of benzene rings is 1. The van der Waals surface area contributed by atoms with Crippen LogP contribution in [0.1, 0.15) is 46.6 Å². The molecule has 1 fully saturated rings. The number of rotatable bonds is 5. The molecule has 0 spiro atoms. The molecule has 1 saturated heterocycles. The van der Waals surface area contributed by atoms with Gasteiger partial charge in [-0.15, -0.1) is 0 Å². The van der Waals surface area contributed by atoms with E-state index in [1.54, 1.807) is 0 Å². The topological polar surface area (TPSA) is 32.7 Å². The van der Waals surface area contributed by atoms with E-state index in [4.69, 9.17) is 4.74 Å². The number of piperidine rings is 1. The van der Waals surface area contributed by atoms with Crippen LogP contribution in [0.2, 0.25) is 0 Å². The number of hydrogen-bond donors (Lipinski definition) is 1. The minimum absolute atomic E-state index is 0.0410. The fraction of sp³-hybridized carbons (Fsp3) is 0.700. The van der Waals surface area contributed by atoms with E-state index in [0.717, 1.165) is 18.8 Å². The molecular formula is C20H33NO2. The molecule has 0 unspecified atom stereocenters. The van der Waals surface area contributed by atoms with E-state index in [0.29, 0.717) is 25.0 Å². The molecule has 0 aromatic heterocycles. The van der Waals surface area contributed by atoms with E-state index in [9.17, 15) is 5.11 Å². The molecule has 0 radical (unpaired) electrons. The third-order valence-corrected chi connectivity index (χ3v) is 4.54. The Morgan fingerprint density at radius 2 is 1.78 bits per heavy atom. The maximum atomic E-state index is 10.4. The molecule has 130 valence electrons. The highest BCUT2D eigenvalue weighted by atomic mass is 16.5. The Morgan fingerprint density at radius 3 is 2.39 bits per heavy atom. The number of hydrogen-bond acceptors (Lipinski definition) is 3. The Labute approximate surface area is 141 Å². The van der Waals surface area contributed by atoms with Gasteiger partial charge in [-0.2, -0.15) is 0 Å². The van der Waals surface area contributed by atoms with Crippen molar-refractivity contribution in [3.63, 3.8) is 0 Å². The van der Waals surface area contributed by atoms with Crippen LogP contribution in [0, 0.1) is 11.8 Å². The summed E-state index contributed by atoms with van der Waals surface area (Å²) in [5.41, 5.74) is 1.23. The third-order valence-electron chi connectivity index (χ3n) is 4.54. The molecule has 0 amide bonds. The molecule has 1 aliphatic rings. The molecule has 1 aromatic carbocycles. The molecule has 3 heteroatoms. The van der Waals surface area contributed by atoms with Crippen LogP contribution in [-0.2, 0) is 5.41 Å². The van der Waals surface area contributed by atoms with E-state index in [2.05, 4.69) is 45.6 Å². The zero-order valence-corrected chi connectivity index (χ0v) is 15.4. The summed E-state index contributed by atoms with van der Waals surface area (Å²) < 4.78 is 5.94. The first-order chi connectivity index (χ1) is 10.8. The largest absolute Gasteiger partial charge is 0.491 e. The fourth-order valence-electron chi connectivity index (χ4n) is 3.69. The Hall–Kier alpha value is -1.06. The number of para-hydroxylation sites is 1. The van der Waals surface area contributed by atoms with Gasteiger partial charge in [-0.1, -0.05) is 52.8 Å². The van der Waals surface area contributed by atoms with Crippen molar-refractivity contribution in [2.75, 3.05) is 26.2 Å². The number of aliphatic hydroxyl groups is 1. The highest BCUT2D eigenvalue weighted by Gasteiger charge is 2.24. The first-order valence-corrected chi connectivity index (χ1v) is 8.88. The Morgan fingerprint density at radius 1 is 1.17 bits per heavy atom. The summed E-state index contributed by atoms with van der Waals surface area (Å²) in [5, 5.41) is 10.4. The van der Waals surface area contributed by atoms with Crippen LogP contribution in [-0.4, -0.2) is 42.4 Å². The van der Waals surface area contributed by atoms with Crippen molar-refractivity contribution >= 4 is 0 Å². The lowest BCUT2D eigenvalue weighted by Crippen LogP contribution is -2.44. The molecular weight excluding hydrogens is 286 g/mol. The molecule has 0 aliphatic carbocycles. The summed E-state index contributed by atoms with van der Waals surface area (Å²) in [6.45, 7) is 14.4. The van der Waals surface area contributed by atoms with Crippen LogP contribution in [0.3, 0.4) is 0 Å². The molecule has 1 aromatic rings.